The number of carboxylic acids is 1. The van der Waals surface area contributed by atoms with E-state index in [2.05, 4.69) is 10.6 Å². The summed E-state index contributed by atoms with van der Waals surface area (Å²) < 4.78 is 0. The number of carbonyl (C=O) groups excluding carboxylic acids is 1. The Hall–Kier alpha value is -1.17. The molecule has 0 bridgehead atoms. The lowest BCUT2D eigenvalue weighted by Crippen LogP contribution is -2.36. The second-order valence-corrected chi connectivity index (χ2v) is 5.21. The van der Waals surface area contributed by atoms with Gasteiger partial charge in [0.1, 0.15) is 0 Å². The number of allylic oxidation sites excluding steroid dienone is 1. The Balaban J connectivity index is 1.78. The summed E-state index contributed by atoms with van der Waals surface area (Å²) in [5, 5.41) is 14.6. The van der Waals surface area contributed by atoms with Crippen LogP contribution in [0.15, 0.2) is 12.2 Å². The zero-order valence-electron chi connectivity index (χ0n) is 8.68. The van der Waals surface area contributed by atoms with Crippen LogP contribution in [0.25, 0.3) is 0 Å². The maximum absolute atomic E-state index is 11.1. The third-order valence-corrected chi connectivity index (χ3v) is 4.33. The van der Waals surface area contributed by atoms with Gasteiger partial charge in [0.05, 0.1) is 12.1 Å². The molecule has 5 nitrogen and oxygen atoms in total. The van der Waals surface area contributed by atoms with E-state index >= 15 is 0 Å². The number of carboxylic acid groups (broad SMARTS) is 1. The van der Waals surface area contributed by atoms with E-state index in [9.17, 15) is 9.59 Å². The molecule has 0 aliphatic carbocycles. The van der Waals surface area contributed by atoms with Crippen LogP contribution in [0.4, 0.5) is 4.79 Å². The average molecular weight is 242 g/mol. The molecule has 0 spiro atoms. The minimum absolute atomic E-state index is 0.0821. The topological polar surface area (TPSA) is 78.4 Å². The van der Waals surface area contributed by atoms with Crippen LogP contribution in [0.5, 0.6) is 0 Å². The van der Waals surface area contributed by atoms with E-state index in [-0.39, 0.29) is 18.1 Å². The molecule has 0 aromatic heterocycles. The van der Waals surface area contributed by atoms with Crippen LogP contribution in [0.2, 0.25) is 0 Å². The fraction of sp³-hybridized carbons (Fsp3) is 0.600. The normalized spacial score (nSPS) is 32.5. The van der Waals surface area contributed by atoms with Crippen LogP contribution in [-0.2, 0) is 4.79 Å². The number of thioether (sulfide) groups is 1. The fourth-order valence-corrected chi connectivity index (χ4v) is 3.60. The monoisotopic (exact) mass is 242 g/mol. The fourth-order valence-electron chi connectivity index (χ4n) is 2.09. The Morgan fingerprint density at radius 1 is 1.56 bits per heavy atom. The molecule has 6 heteroatoms. The van der Waals surface area contributed by atoms with Gasteiger partial charge in [-0.05, 0) is 12.8 Å². The van der Waals surface area contributed by atoms with Crippen molar-refractivity contribution in [3.05, 3.63) is 12.2 Å². The molecule has 2 aliphatic rings. The quantitative estimate of drug-likeness (QED) is 0.497. The van der Waals surface area contributed by atoms with Crippen molar-refractivity contribution in [2.45, 2.75) is 30.2 Å². The lowest BCUT2D eigenvalue weighted by Gasteiger charge is -2.15. The van der Waals surface area contributed by atoms with E-state index in [1.165, 1.54) is 6.08 Å². The summed E-state index contributed by atoms with van der Waals surface area (Å²) in [6.45, 7) is 0. The first-order chi connectivity index (χ1) is 7.66. The smallest absolute Gasteiger partial charge is 0.327 e. The second kappa shape index (κ2) is 4.78. The molecule has 0 radical (unpaired) electrons. The van der Waals surface area contributed by atoms with Gasteiger partial charge in [-0.15, -0.1) is 0 Å². The standard InChI is InChI=1S/C10H14N2O3S/c13-8(14)4-2-1-3-7-9-6(5-16-7)11-10(15)12-9/h2,4,6-7,9H,1,3,5H2,(H,13,14)(H2,11,12,15)/b4-2-/t6-,7+,9+/m1/s1. The third kappa shape index (κ3) is 2.49. The summed E-state index contributed by atoms with van der Waals surface area (Å²) in [6.07, 6.45) is 4.48. The Bertz CT molecular complexity index is 332. The lowest BCUT2D eigenvalue weighted by atomic mass is 10.0. The Labute approximate surface area is 97.7 Å². The van der Waals surface area contributed by atoms with E-state index < -0.39 is 5.97 Å². The number of hydrogen-bond acceptors (Lipinski definition) is 3. The zero-order valence-corrected chi connectivity index (χ0v) is 9.50. The summed E-state index contributed by atoms with van der Waals surface area (Å²) in [5.41, 5.74) is 0. The molecule has 2 saturated heterocycles. The number of nitrogens with one attached hydrogen (secondary N) is 2. The molecule has 88 valence electrons. The first-order valence-corrected chi connectivity index (χ1v) is 6.30. The molecule has 2 amide bonds. The molecule has 3 atom stereocenters. The molecule has 2 fully saturated rings. The molecule has 2 heterocycles. The van der Waals surface area contributed by atoms with E-state index in [1.807, 2.05) is 11.8 Å². The van der Waals surface area contributed by atoms with Crippen molar-refractivity contribution in [1.82, 2.24) is 10.6 Å². The number of fused-ring (bicyclic) bond motifs is 1. The van der Waals surface area contributed by atoms with Crippen molar-refractivity contribution < 1.29 is 14.7 Å². The van der Waals surface area contributed by atoms with Gasteiger partial charge in [0.15, 0.2) is 0 Å². The number of carbonyl (C=O) groups is 2. The van der Waals surface area contributed by atoms with Crippen LogP contribution in [0, 0.1) is 0 Å². The third-order valence-electron chi connectivity index (χ3n) is 2.82. The Morgan fingerprint density at radius 2 is 2.38 bits per heavy atom. The highest BCUT2D eigenvalue weighted by Gasteiger charge is 2.42. The molecule has 16 heavy (non-hydrogen) atoms. The minimum Gasteiger partial charge on any atom is -0.478 e. The Kier molecular flexibility index (Phi) is 3.38. The second-order valence-electron chi connectivity index (χ2n) is 3.94. The minimum atomic E-state index is -0.909. The predicted octanol–water partition coefficient (Wildman–Crippen LogP) is 0.573. The molecule has 3 N–H and O–H groups in total. The van der Waals surface area contributed by atoms with Crippen LogP contribution >= 0.6 is 11.8 Å². The maximum atomic E-state index is 11.1. The number of rotatable bonds is 4. The molecular weight excluding hydrogens is 228 g/mol. The van der Waals surface area contributed by atoms with Crippen molar-refractivity contribution in [2.24, 2.45) is 0 Å². The SMILES string of the molecule is O=C(O)/C=C\CC[C@@H]1SC[C@H]2NC(=O)N[C@H]12. The van der Waals surface area contributed by atoms with Crippen molar-refractivity contribution in [2.75, 3.05) is 5.75 Å². The number of aliphatic carboxylic acids is 1. The molecule has 0 saturated carbocycles. The molecular formula is C10H14N2O3S. The van der Waals surface area contributed by atoms with Crippen molar-refractivity contribution in [3.8, 4) is 0 Å². The van der Waals surface area contributed by atoms with Crippen LogP contribution in [0.3, 0.4) is 0 Å². The van der Waals surface area contributed by atoms with Gasteiger partial charge >= 0.3 is 12.0 Å². The number of amides is 2. The van der Waals surface area contributed by atoms with E-state index in [0.717, 1.165) is 18.6 Å². The van der Waals surface area contributed by atoms with Crippen LogP contribution < -0.4 is 10.6 Å². The molecule has 2 rings (SSSR count). The number of urea groups is 1. The highest BCUT2D eigenvalue weighted by atomic mass is 32.2. The molecule has 0 aromatic rings. The first kappa shape index (κ1) is 11.3. The summed E-state index contributed by atoms with van der Waals surface area (Å²) in [4.78, 5) is 21.4. The summed E-state index contributed by atoms with van der Waals surface area (Å²) in [6, 6.07) is 0.364. The van der Waals surface area contributed by atoms with Gasteiger partial charge < -0.3 is 15.7 Å². The predicted molar refractivity (Wildman–Crippen MR) is 61.5 cm³/mol. The van der Waals surface area contributed by atoms with Crippen molar-refractivity contribution >= 4 is 23.8 Å². The van der Waals surface area contributed by atoms with Gasteiger partial charge in [0.2, 0.25) is 0 Å². The molecule has 2 aliphatic heterocycles. The van der Waals surface area contributed by atoms with Crippen LogP contribution in [0.1, 0.15) is 12.8 Å². The van der Waals surface area contributed by atoms with Crippen molar-refractivity contribution in [3.63, 3.8) is 0 Å². The molecule has 0 unspecified atom stereocenters. The van der Waals surface area contributed by atoms with Gasteiger partial charge in [0, 0.05) is 17.1 Å². The van der Waals surface area contributed by atoms with E-state index in [4.69, 9.17) is 5.11 Å². The highest BCUT2D eigenvalue weighted by Crippen LogP contribution is 2.32. The van der Waals surface area contributed by atoms with Gasteiger partial charge in [-0.1, -0.05) is 6.08 Å². The largest absolute Gasteiger partial charge is 0.478 e. The van der Waals surface area contributed by atoms with Crippen LogP contribution in [-0.4, -0.2) is 40.2 Å². The maximum Gasteiger partial charge on any atom is 0.327 e. The summed E-state index contributed by atoms with van der Waals surface area (Å²) in [7, 11) is 0. The average Bonchev–Trinajstić information content (AvgIpc) is 2.72. The Morgan fingerprint density at radius 3 is 3.12 bits per heavy atom. The van der Waals surface area contributed by atoms with E-state index in [0.29, 0.717) is 5.25 Å². The van der Waals surface area contributed by atoms with E-state index in [1.54, 1.807) is 6.08 Å². The first-order valence-electron chi connectivity index (χ1n) is 5.25. The van der Waals surface area contributed by atoms with Gasteiger partial charge in [-0.25, -0.2) is 9.59 Å². The lowest BCUT2D eigenvalue weighted by molar-refractivity contribution is -0.131. The van der Waals surface area contributed by atoms with Crippen molar-refractivity contribution in [1.29, 1.82) is 0 Å². The number of hydrogen-bond donors (Lipinski definition) is 3. The summed E-state index contributed by atoms with van der Waals surface area (Å²) in [5.74, 6) is 0.0317. The zero-order chi connectivity index (χ0) is 11.5. The molecule has 0 aromatic carbocycles. The highest BCUT2D eigenvalue weighted by molar-refractivity contribution is 8.00. The summed E-state index contributed by atoms with van der Waals surface area (Å²) >= 11 is 1.84. The van der Waals surface area contributed by atoms with Gasteiger partial charge in [-0.3, -0.25) is 0 Å². The van der Waals surface area contributed by atoms with Gasteiger partial charge in [0.25, 0.3) is 0 Å². The van der Waals surface area contributed by atoms with Gasteiger partial charge in [-0.2, -0.15) is 11.8 Å².